The molecule has 2 aromatic rings. The van der Waals surface area contributed by atoms with Crippen molar-refractivity contribution in [1.82, 2.24) is 15.5 Å². The molecule has 0 spiro atoms. The lowest BCUT2D eigenvalue weighted by Gasteiger charge is -2.32. The van der Waals surface area contributed by atoms with Gasteiger partial charge in [-0.05, 0) is 48.8 Å². The van der Waals surface area contributed by atoms with E-state index in [0.29, 0.717) is 16.2 Å². The van der Waals surface area contributed by atoms with Crippen molar-refractivity contribution in [3.05, 3.63) is 71.3 Å². The second kappa shape index (κ2) is 10.1. The number of rotatable bonds is 5. The molecule has 0 saturated carbocycles. The van der Waals surface area contributed by atoms with Gasteiger partial charge in [-0.2, -0.15) is 0 Å². The van der Waals surface area contributed by atoms with Crippen LogP contribution in [0.2, 0.25) is 0 Å². The molecule has 1 fully saturated rings. The number of likely N-dealkylation sites (tertiary alicyclic amines) is 1. The number of nitrogens with zero attached hydrogens (tertiary/aromatic N) is 1. The summed E-state index contributed by atoms with van der Waals surface area (Å²) in [5, 5.41) is 6.23. The van der Waals surface area contributed by atoms with Crippen LogP contribution in [0.25, 0.3) is 0 Å². The van der Waals surface area contributed by atoms with Gasteiger partial charge < -0.3 is 10.1 Å². The summed E-state index contributed by atoms with van der Waals surface area (Å²) in [6, 6.07) is 17.0. The van der Waals surface area contributed by atoms with Crippen LogP contribution in [0.3, 0.4) is 0 Å². The normalized spacial score (nSPS) is 14.8. The van der Waals surface area contributed by atoms with Crippen molar-refractivity contribution in [2.45, 2.75) is 25.4 Å². The topological polar surface area (TPSA) is 70.7 Å². The first kappa shape index (κ1) is 21.0. The lowest BCUT2D eigenvalue weighted by Crippen LogP contribution is -2.48. The first-order chi connectivity index (χ1) is 14.0. The van der Waals surface area contributed by atoms with E-state index >= 15 is 0 Å². The molecule has 1 amide bonds. The van der Waals surface area contributed by atoms with Crippen molar-refractivity contribution >= 4 is 29.2 Å². The molecule has 2 aromatic carbocycles. The van der Waals surface area contributed by atoms with Gasteiger partial charge in [-0.3, -0.25) is 15.0 Å². The standard InChI is InChI=1S/C22H25N3O3S/c1-28-21(27)18-9-5-8-17(14-18)20(26)24-22(29)23-19-10-12-25(13-11-19)15-16-6-3-2-4-7-16/h2-9,14,19H,10-13,15H2,1H3,(H2,23,24,26,29). The van der Waals surface area contributed by atoms with Crippen LogP contribution in [0.15, 0.2) is 54.6 Å². The van der Waals surface area contributed by atoms with Gasteiger partial charge in [0.25, 0.3) is 5.91 Å². The van der Waals surface area contributed by atoms with E-state index in [1.165, 1.54) is 18.7 Å². The van der Waals surface area contributed by atoms with E-state index in [2.05, 4.69) is 44.5 Å². The monoisotopic (exact) mass is 411 g/mol. The van der Waals surface area contributed by atoms with Gasteiger partial charge in [-0.25, -0.2) is 4.79 Å². The van der Waals surface area contributed by atoms with E-state index in [4.69, 9.17) is 12.2 Å². The van der Waals surface area contributed by atoms with Crippen LogP contribution in [0.1, 0.15) is 39.1 Å². The van der Waals surface area contributed by atoms with E-state index in [1.54, 1.807) is 18.2 Å². The van der Waals surface area contributed by atoms with Crippen LogP contribution in [0.5, 0.6) is 0 Å². The number of benzene rings is 2. The van der Waals surface area contributed by atoms with Gasteiger partial charge in [0.15, 0.2) is 5.11 Å². The zero-order valence-electron chi connectivity index (χ0n) is 16.4. The fourth-order valence-corrected chi connectivity index (χ4v) is 3.64. The highest BCUT2D eigenvalue weighted by molar-refractivity contribution is 7.80. The van der Waals surface area contributed by atoms with Gasteiger partial charge in [0.2, 0.25) is 0 Å². The molecule has 0 atom stereocenters. The number of amides is 1. The van der Waals surface area contributed by atoms with E-state index in [9.17, 15) is 9.59 Å². The molecule has 0 aliphatic carbocycles. The third-order valence-electron chi connectivity index (χ3n) is 4.94. The summed E-state index contributed by atoms with van der Waals surface area (Å²) in [6.45, 7) is 2.90. The highest BCUT2D eigenvalue weighted by atomic mass is 32.1. The van der Waals surface area contributed by atoms with Crippen LogP contribution >= 0.6 is 12.2 Å². The fourth-order valence-electron chi connectivity index (χ4n) is 3.38. The average molecular weight is 412 g/mol. The lowest BCUT2D eigenvalue weighted by molar-refractivity contribution is 0.0600. The third-order valence-corrected chi connectivity index (χ3v) is 5.16. The van der Waals surface area contributed by atoms with Gasteiger partial charge in [-0.15, -0.1) is 0 Å². The molecule has 2 N–H and O–H groups in total. The fraction of sp³-hybridized carbons (Fsp3) is 0.318. The number of hydrogen-bond acceptors (Lipinski definition) is 5. The van der Waals surface area contributed by atoms with Gasteiger partial charge >= 0.3 is 5.97 Å². The number of carbonyl (C=O) groups excluding carboxylic acids is 2. The van der Waals surface area contributed by atoms with Crippen molar-refractivity contribution in [2.75, 3.05) is 20.2 Å². The Morgan fingerprint density at radius 1 is 1.07 bits per heavy atom. The summed E-state index contributed by atoms with van der Waals surface area (Å²) in [5.74, 6) is -0.836. The van der Waals surface area contributed by atoms with Crippen LogP contribution in [-0.4, -0.2) is 48.1 Å². The second-order valence-corrected chi connectivity index (χ2v) is 7.44. The van der Waals surface area contributed by atoms with E-state index in [-0.39, 0.29) is 11.9 Å². The maximum Gasteiger partial charge on any atom is 0.337 e. The maximum atomic E-state index is 12.4. The van der Waals surface area contributed by atoms with Crippen molar-refractivity contribution in [3.63, 3.8) is 0 Å². The predicted molar refractivity (Wildman–Crippen MR) is 116 cm³/mol. The van der Waals surface area contributed by atoms with Crippen molar-refractivity contribution < 1.29 is 14.3 Å². The number of nitrogens with one attached hydrogen (secondary N) is 2. The molecular weight excluding hydrogens is 386 g/mol. The molecule has 7 heteroatoms. The predicted octanol–water partition coefficient (Wildman–Crippen LogP) is 2.74. The van der Waals surface area contributed by atoms with E-state index in [1.807, 2.05) is 6.07 Å². The van der Waals surface area contributed by atoms with Gasteiger partial charge in [0.05, 0.1) is 12.7 Å². The molecule has 0 aromatic heterocycles. The Hall–Kier alpha value is -2.77. The summed E-state index contributed by atoms with van der Waals surface area (Å²) < 4.78 is 4.69. The Labute approximate surface area is 176 Å². The largest absolute Gasteiger partial charge is 0.465 e. The first-order valence-corrected chi connectivity index (χ1v) is 10.0. The quantitative estimate of drug-likeness (QED) is 0.582. The molecule has 3 rings (SSSR count). The Kier molecular flexibility index (Phi) is 7.32. The number of hydrogen-bond donors (Lipinski definition) is 2. The number of esters is 1. The molecular formula is C22H25N3O3S. The second-order valence-electron chi connectivity index (χ2n) is 7.04. The first-order valence-electron chi connectivity index (χ1n) is 9.61. The smallest absolute Gasteiger partial charge is 0.337 e. The zero-order chi connectivity index (χ0) is 20.6. The molecule has 152 valence electrons. The van der Waals surface area contributed by atoms with Crippen LogP contribution in [-0.2, 0) is 11.3 Å². The molecule has 1 heterocycles. The highest BCUT2D eigenvalue weighted by Crippen LogP contribution is 2.14. The summed E-state index contributed by atoms with van der Waals surface area (Å²) in [4.78, 5) is 26.5. The van der Waals surface area contributed by atoms with Gasteiger partial charge in [-0.1, -0.05) is 36.4 Å². The van der Waals surface area contributed by atoms with Gasteiger partial charge in [0, 0.05) is 31.2 Å². The zero-order valence-corrected chi connectivity index (χ0v) is 17.2. The molecule has 1 aliphatic rings. The van der Waals surface area contributed by atoms with Crippen LogP contribution < -0.4 is 10.6 Å². The Balaban J connectivity index is 1.45. The van der Waals surface area contributed by atoms with Crippen molar-refractivity contribution in [3.8, 4) is 0 Å². The summed E-state index contributed by atoms with van der Waals surface area (Å²) in [7, 11) is 1.30. The van der Waals surface area contributed by atoms with Crippen molar-refractivity contribution in [2.24, 2.45) is 0 Å². The maximum absolute atomic E-state index is 12.4. The summed E-state index contributed by atoms with van der Waals surface area (Å²) in [5.41, 5.74) is 2.00. The third kappa shape index (κ3) is 6.10. The molecule has 29 heavy (non-hydrogen) atoms. The Morgan fingerprint density at radius 2 is 1.76 bits per heavy atom. The van der Waals surface area contributed by atoms with Crippen molar-refractivity contribution in [1.29, 1.82) is 0 Å². The minimum Gasteiger partial charge on any atom is -0.465 e. The van der Waals surface area contributed by atoms with E-state index < -0.39 is 5.97 Å². The molecule has 1 aliphatic heterocycles. The number of methoxy groups -OCH3 is 1. The minimum atomic E-state index is -0.484. The average Bonchev–Trinajstić information content (AvgIpc) is 2.75. The molecule has 1 saturated heterocycles. The number of thiocarbonyl (C=S) groups is 1. The Morgan fingerprint density at radius 3 is 2.45 bits per heavy atom. The van der Waals surface area contributed by atoms with E-state index in [0.717, 1.165) is 32.5 Å². The number of carbonyl (C=O) groups is 2. The number of piperidine rings is 1. The van der Waals surface area contributed by atoms with Crippen LogP contribution in [0, 0.1) is 0 Å². The molecule has 6 nitrogen and oxygen atoms in total. The highest BCUT2D eigenvalue weighted by Gasteiger charge is 2.20. The number of ether oxygens (including phenoxy) is 1. The molecule has 0 unspecified atom stereocenters. The minimum absolute atomic E-state index is 0.233. The summed E-state index contributed by atoms with van der Waals surface area (Å²) >= 11 is 5.30. The lowest BCUT2D eigenvalue weighted by atomic mass is 10.0. The van der Waals surface area contributed by atoms with Crippen LogP contribution in [0.4, 0.5) is 0 Å². The SMILES string of the molecule is COC(=O)c1cccc(C(=O)NC(=S)NC2CCN(Cc3ccccc3)CC2)c1. The summed E-state index contributed by atoms with van der Waals surface area (Å²) in [6.07, 6.45) is 1.92. The molecule has 0 radical (unpaired) electrons. The molecule has 0 bridgehead atoms. The van der Waals surface area contributed by atoms with Gasteiger partial charge in [0.1, 0.15) is 0 Å². The Bertz CT molecular complexity index is 865.